The molecule has 4 aliphatic rings. The highest BCUT2D eigenvalue weighted by atomic mass is 16.5. The fraction of sp³-hybridized carbons (Fsp3) is 1.00. The molecule has 4 rings (SSSR count). The lowest BCUT2D eigenvalue weighted by atomic mass is 9.43. The van der Waals surface area contributed by atoms with Crippen molar-refractivity contribution in [3.63, 3.8) is 0 Å². The van der Waals surface area contributed by atoms with Gasteiger partial charge in [0.1, 0.15) is 0 Å². The standard InChI is InChI=1S/C18H32O2/c1-16(2,20-4)6-5-15(19)18-10-13-7-14(11-18)9-17(3,8-13)12-18/h13-15,19H,5-12H2,1-4H3. The third kappa shape index (κ3) is 2.54. The molecule has 0 radical (unpaired) electrons. The SMILES string of the molecule is COC(C)(C)CCC(O)C12CC3CC(CC(C)(C3)C1)C2. The second kappa shape index (κ2) is 4.71. The molecule has 116 valence electrons. The zero-order valence-electron chi connectivity index (χ0n) is 13.7. The lowest BCUT2D eigenvalue weighted by molar-refractivity contribution is -0.157. The molecule has 4 aliphatic carbocycles. The van der Waals surface area contributed by atoms with Crippen LogP contribution in [-0.2, 0) is 4.74 Å². The van der Waals surface area contributed by atoms with Crippen LogP contribution < -0.4 is 0 Å². The average molecular weight is 280 g/mol. The number of ether oxygens (including phenoxy) is 1. The highest BCUT2D eigenvalue weighted by Crippen LogP contribution is 2.66. The minimum Gasteiger partial charge on any atom is -0.393 e. The maximum absolute atomic E-state index is 10.9. The minimum atomic E-state index is -0.123. The van der Waals surface area contributed by atoms with Crippen LogP contribution in [0.3, 0.4) is 0 Å². The van der Waals surface area contributed by atoms with Crippen LogP contribution in [0.25, 0.3) is 0 Å². The fourth-order valence-electron chi connectivity index (χ4n) is 6.08. The van der Waals surface area contributed by atoms with Gasteiger partial charge in [-0.3, -0.25) is 0 Å². The first-order valence-electron chi connectivity index (χ1n) is 8.49. The normalized spacial score (nSPS) is 44.9. The largest absolute Gasteiger partial charge is 0.393 e. The number of methoxy groups -OCH3 is 1. The van der Waals surface area contributed by atoms with Crippen LogP contribution in [-0.4, -0.2) is 23.9 Å². The number of hydrogen-bond donors (Lipinski definition) is 1. The molecule has 0 aromatic carbocycles. The molecule has 0 saturated heterocycles. The quantitative estimate of drug-likeness (QED) is 0.819. The fourth-order valence-corrected chi connectivity index (χ4v) is 6.08. The molecular formula is C18H32O2. The Morgan fingerprint density at radius 2 is 1.80 bits per heavy atom. The Hall–Kier alpha value is -0.0800. The van der Waals surface area contributed by atoms with Gasteiger partial charge < -0.3 is 9.84 Å². The van der Waals surface area contributed by atoms with E-state index < -0.39 is 0 Å². The molecule has 20 heavy (non-hydrogen) atoms. The number of aliphatic hydroxyl groups is 1. The van der Waals surface area contributed by atoms with E-state index in [1.807, 2.05) is 0 Å². The molecule has 4 fully saturated rings. The van der Waals surface area contributed by atoms with Crippen LogP contribution in [0.4, 0.5) is 0 Å². The zero-order chi connectivity index (χ0) is 14.6. The molecule has 3 unspecified atom stereocenters. The van der Waals surface area contributed by atoms with Crippen LogP contribution in [0, 0.1) is 22.7 Å². The van der Waals surface area contributed by atoms with Gasteiger partial charge in [-0.1, -0.05) is 6.92 Å². The van der Waals surface area contributed by atoms with Gasteiger partial charge in [0.2, 0.25) is 0 Å². The zero-order valence-corrected chi connectivity index (χ0v) is 13.7. The van der Waals surface area contributed by atoms with Crippen molar-refractivity contribution in [2.45, 2.75) is 83.8 Å². The Morgan fingerprint density at radius 1 is 1.20 bits per heavy atom. The van der Waals surface area contributed by atoms with E-state index in [0.717, 1.165) is 24.7 Å². The molecule has 0 heterocycles. The average Bonchev–Trinajstić information content (AvgIpc) is 2.33. The summed E-state index contributed by atoms with van der Waals surface area (Å²) in [5.41, 5.74) is 0.664. The van der Waals surface area contributed by atoms with E-state index in [1.165, 1.54) is 38.5 Å². The molecule has 2 nitrogen and oxygen atoms in total. The molecule has 3 atom stereocenters. The Labute approximate surface area is 124 Å². The predicted molar refractivity (Wildman–Crippen MR) is 81.6 cm³/mol. The van der Waals surface area contributed by atoms with E-state index in [9.17, 15) is 5.11 Å². The Balaban J connectivity index is 1.69. The summed E-state index contributed by atoms with van der Waals surface area (Å²) in [6.07, 6.45) is 9.84. The van der Waals surface area contributed by atoms with Crippen molar-refractivity contribution in [2.24, 2.45) is 22.7 Å². The van der Waals surface area contributed by atoms with E-state index in [1.54, 1.807) is 7.11 Å². The molecule has 0 spiro atoms. The van der Waals surface area contributed by atoms with E-state index >= 15 is 0 Å². The molecule has 1 N–H and O–H groups in total. The second-order valence-electron chi connectivity index (χ2n) is 9.15. The summed E-state index contributed by atoms with van der Waals surface area (Å²) in [5, 5.41) is 10.9. The van der Waals surface area contributed by atoms with Crippen molar-refractivity contribution in [1.82, 2.24) is 0 Å². The summed E-state index contributed by atoms with van der Waals surface area (Å²) >= 11 is 0. The molecule has 0 amide bonds. The summed E-state index contributed by atoms with van der Waals surface area (Å²) in [6.45, 7) is 6.73. The minimum absolute atomic E-state index is 0.104. The second-order valence-corrected chi connectivity index (χ2v) is 9.15. The van der Waals surface area contributed by atoms with Gasteiger partial charge in [-0.05, 0) is 87.9 Å². The molecule has 0 aromatic heterocycles. The summed E-state index contributed by atoms with van der Waals surface area (Å²) < 4.78 is 5.52. The summed E-state index contributed by atoms with van der Waals surface area (Å²) in [5.74, 6) is 1.79. The van der Waals surface area contributed by atoms with Gasteiger partial charge in [0.05, 0.1) is 11.7 Å². The third-order valence-corrected chi connectivity index (χ3v) is 6.68. The summed E-state index contributed by atoms with van der Waals surface area (Å²) in [6, 6.07) is 0. The van der Waals surface area contributed by atoms with Gasteiger partial charge in [-0.25, -0.2) is 0 Å². The van der Waals surface area contributed by atoms with Crippen LogP contribution >= 0.6 is 0 Å². The van der Waals surface area contributed by atoms with Crippen LogP contribution in [0.15, 0.2) is 0 Å². The molecule has 0 aliphatic heterocycles. The van der Waals surface area contributed by atoms with Crippen LogP contribution in [0.1, 0.15) is 72.1 Å². The van der Waals surface area contributed by atoms with Crippen molar-refractivity contribution in [2.75, 3.05) is 7.11 Å². The highest BCUT2D eigenvalue weighted by molar-refractivity contribution is 5.08. The molecule has 4 saturated carbocycles. The van der Waals surface area contributed by atoms with Gasteiger partial charge in [-0.2, -0.15) is 0 Å². The van der Waals surface area contributed by atoms with E-state index in [0.29, 0.717) is 5.41 Å². The molecule has 2 heteroatoms. The lowest BCUT2D eigenvalue weighted by Gasteiger charge is -2.62. The summed E-state index contributed by atoms with van der Waals surface area (Å²) in [7, 11) is 1.78. The highest BCUT2D eigenvalue weighted by Gasteiger charge is 2.58. The van der Waals surface area contributed by atoms with Gasteiger partial charge in [0.25, 0.3) is 0 Å². The van der Waals surface area contributed by atoms with Gasteiger partial charge in [0, 0.05) is 7.11 Å². The molecular weight excluding hydrogens is 248 g/mol. The first-order chi connectivity index (χ1) is 9.26. The van der Waals surface area contributed by atoms with Crippen LogP contribution in [0.5, 0.6) is 0 Å². The third-order valence-electron chi connectivity index (χ3n) is 6.68. The topological polar surface area (TPSA) is 29.5 Å². The van der Waals surface area contributed by atoms with Gasteiger partial charge in [0.15, 0.2) is 0 Å². The van der Waals surface area contributed by atoms with Crippen molar-refractivity contribution in [3.05, 3.63) is 0 Å². The monoisotopic (exact) mass is 280 g/mol. The lowest BCUT2D eigenvalue weighted by Crippen LogP contribution is -2.55. The van der Waals surface area contributed by atoms with Crippen molar-refractivity contribution < 1.29 is 9.84 Å². The van der Waals surface area contributed by atoms with E-state index in [2.05, 4.69) is 20.8 Å². The van der Waals surface area contributed by atoms with Crippen molar-refractivity contribution >= 4 is 0 Å². The maximum atomic E-state index is 10.9. The first-order valence-corrected chi connectivity index (χ1v) is 8.49. The van der Waals surface area contributed by atoms with E-state index in [4.69, 9.17) is 4.74 Å². The molecule has 0 aromatic rings. The van der Waals surface area contributed by atoms with Gasteiger partial charge in [-0.15, -0.1) is 0 Å². The molecule has 4 bridgehead atoms. The number of hydrogen-bond acceptors (Lipinski definition) is 2. The van der Waals surface area contributed by atoms with Crippen LogP contribution in [0.2, 0.25) is 0 Å². The Bertz CT molecular complexity index is 360. The van der Waals surface area contributed by atoms with E-state index in [-0.39, 0.29) is 17.1 Å². The van der Waals surface area contributed by atoms with Gasteiger partial charge >= 0.3 is 0 Å². The summed E-state index contributed by atoms with van der Waals surface area (Å²) in [4.78, 5) is 0. The smallest absolute Gasteiger partial charge is 0.0623 e. The first kappa shape index (κ1) is 14.8. The Kier molecular flexibility index (Phi) is 3.49. The van der Waals surface area contributed by atoms with Crippen molar-refractivity contribution in [3.8, 4) is 0 Å². The number of rotatable bonds is 5. The Morgan fingerprint density at radius 3 is 2.30 bits per heavy atom. The number of aliphatic hydroxyl groups excluding tert-OH is 1. The maximum Gasteiger partial charge on any atom is 0.0623 e. The van der Waals surface area contributed by atoms with Crippen molar-refractivity contribution in [1.29, 1.82) is 0 Å². The predicted octanol–water partition coefficient (Wildman–Crippen LogP) is 4.16.